The smallest absolute Gasteiger partial charge is 0.160 e. The zero-order valence-corrected chi connectivity index (χ0v) is 55.8. The lowest BCUT2D eigenvalue weighted by atomic mass is 9.57. The average Bonchev–Trinajstić information content (AvgIpc) is 1.47. The highest BCUT2D eigenvalue weighted by Crippen LogP contribution is 2.83. The van der Waals surface area contributed by atoms with Crippen molar-refractivity contribution in [3.63, 3.8) is 0 Å². The van der Waals surface area contributed by atoms with Gasteiger partial charge in [0.2, 0.25) is 0 Å². The Labute approximate surface area is 568 Å². The van der Waals surface area contributed by atoms with Crippen molar-refractivity contribution < 1.29 is 88.2 Å². The summed E-state index contributed by atoms with van der Waals surface area (Å²) in [7, 11) is 6.06. The molecule has 0 bridgehead atoms. The van der Waals surface area contributed by atoms with Gasteiger partial charge >= 0.3 is 0 Å². The highest BCUT2D eigenvalue weighted by atomic mass is 16.7. The van der Waals surface area contributed by atoms with Crippen LogP contribution in [0.15, 0.2) is 170 Å². The van der Waals surface area contributed by atoms with E-state index in [1.807, 2.05) is 100 Å². The molecule has 8 aliphatic rings. The second-order valence-electron chi connectivity index (χ2n) is 28.0. The van der Waals surface area contributed by atoms with Crippen LogP contribution < -0.4 is 18.9 Å². The van der Waals surface area contributed by atoms with Crippen LogP contribution in [-0.2, 0) is 28.4 Å². The minimum absolute atomic E-state index is 0.0142. The molecule has 0 aromatic heterocycles. The van der Waals surface area contributed by atoms with E-state index in [4.69, 9.17) is 60.5 Å². The number of hydrogen-bond acceptors (Lipinski definition) is 18. The molecule has 8 fully saturated rings. The number of hydrogen-bond donors (Lipinski definition) is 8. The van der Waals surface area contributed by atoms with Crippen LogP contribution >= 0.6 is 0 Å². The van der Waals surface area contributed by atoms with Crippen LogP contribution in [0.5, 0.6) is 69.0 Å². The SMILES string of the molecule is C=C1[C@@H](c2ccc(O)c(C)c2)O[C@@H](c2ccc(OC)c(O)c2)[C@@]12CC[C@]13O[C@@]1(C2)[C@@H](c1ccc(O)c(OC)c1)O[C@H]3c1ccc(O)c(C)c1.C=C1[C@@H](c2ccc(O)c(C)c2)O[C@@H](c2ccc(OC)c(O)c2)[C@]12CC[C@]13O[C@@]1(C2)[C@@H](c1ccc(O)c(OC)c1)O[C@H]3c1ccc(O)c(C)c1. The summed E-state index contributed by atoms with van der Waals surface area (Å²) >= 11 is 0. The van der Waals surface area contributed by atoms with Crippen molar-refractivity contribution >= 4 is 0 Å². The maximum Gasteiger partial charge on any atom is 0.160 e. The van der Waals surface area contributed by atoms with E-state index in [-0.39, 0.29) is 46.0 Å². The zero-order valence-electron chi connectivity index (χ0n) is 55.8. The molecule has 508 valence electrons. The van der Waals surface area contributed by atoms with Crippen molar-refractivity contribution in [2.24, 2.45) is 10.8 Å². The molecule has 8 N–H and O–H groups in total. The van der Waals surface area contributed by atoms with Crippen LogP contribution in [0, 0.1) is 38.5 Å². The Bertz CT molecular complexity index is 4300. The van der Waals surface area contributed by atoms with Crippen LogP contribution in [0.4, 0.5) is 0 Å². The van der Waals surface area contributed by atoms with Gasteiger partial charge < -0.3 is 88.2 Å². The van der Waals surface area contributed by atoms with Gasteiger partial charge in [-0.05, 0) is 241 Å². The molecule has 0 unspecified atom stereocenters. The Morgan fingerprint density at radius 2 is 0.592 bits per heavy atom. The second-order valence-corrected chi connectivity index (χ2v) is 28.0. The molecule has 6 aliphatic heterocycles. The van der Waals surface area contributed by atoms with Crippen molar-refractivity contribution in [3.05, 3.63) is 237 Å². The summed E-state index contributed by atoms with van der Waals surface area (Å²) in [6.07, 6.45) is -0.294. The standard InChI is InChI=1S/2C40H40O9/c2*1-21-16-24(6-10-28(21)41)34-23(3)38(35(47-34)26-9-13-32(45-4)31(44)18-26)14-15-39-36(25-7-11-29(42)22(2)17-25)48-37(40(39,20-38)49-39)27-8-12-30(43)33(19-27)46-5/h2*6-13,16-19,34-37,41-44H,3,14-15,20H2,1-2,4-5H3/t34-,35-,36-,37+,38+,39+,40-;34-,35-,36-,37+,38-,39+,40-/m00/s1. The van der Waals surface area contributed by atoms with Gasteiger partial charge in [-0.15, -0.1) is 0 Å². The van der Waals surface area contributed by atoms with Gasteiger partial charge in [0.1, 0.15) is 82.0 Å². The number of methoxy groups -OCH3 is 4. The molecule has 2 saturated carbocycles. The lowest BCUT2D eigenvalue weighted by Crippen LogP contribution is -2.43. The first-order valence-corrected chi connectivity index (χ1v) is 33.0. The van der Waals surface area contributed by atoms with Crippen LogP contribution in [0.2, 0.25) is 0 Å². The average molecular weight is 1330 g/mol. The maximum atomic E-state index is 10.9. The molecule has 6 saturated heterocycles. The van der Waals surface area contributed by atoms with Gasteiger partial charge in [-0.1, -0.05) is 61.7 Å². The minimum Gasteiger partial charge on any atom is -0.508 e. The summed E-state index contributed by atoms with van der Waals surface area (Å²) in [5.41, 5.74) is 7.29. The number of aryl methyl sites for hydroxylation is 4. The molecular weight excluding hydrogens is 1250 g/mol. The van der Waals surface area contributed by atoms with Gasteiger partial charge in [-0.3, -0.25) is 0 Å². The Hall–Kier alpha value is -9.40. The normalized spacial score (nSPS) is 31.4. The third-order valence-electron chi connectivity index (χ3n) is 22.9. The van der Waals surface area contributed by atoms with Gasteiger partial charge in [0, 0.05) is 10.8 Å². The van der Waals surface area contributed by atoms with Crippen LogP contribution in [0.1, 0.15) is 154 Å². The molecular formula is C80H80O18. The van der Waals surface area contributed by atoms with Gasteiger partial charge in [0.25, 0.3) is 0 Å². The Balaban J connectivity index is 0.000000160. The molecule has 6 heterocycles. The quantitative estimate of drug-likeness (QED) is 0.0418. The molecule has 0 radical (unpaired) electrons. The zero-order chi connectivity index (χ0) is 68.9. The fourth-order valence-corrected chi connectivity index (χ4v) is 17.8. The monoisotopic (exact) mass is 1330 g/mol. The second kappa shape index (κ2) is 23.1. The molecule has 8 aromatic carbocycles. The molecule has 18 nitrogen and oxygen atoms in total. The number of benzene rings is 8. The van der Waals surface area contributed by atoms with E-state index in [1.54, 1.807) is 72.8 Å². The number of aromatic hydroxyl groups is 8. The van der Waals surface area contributed by atoms with E-state index in [0.29, 0.717) is 61.5 Å². The minimum atomic E-state index is -0.803. The van der Waals surface area contributed by atoms with Gasteiger partial charge in [0.15, 0.2) is 46.0 Å². The van der Waals surface area contributed by atoms with Gasteiger partial charge in [-0.25, -0.2) is 0 Å². The predicted molar refractivity (Wildman–Crippen MR) is 360 cm³/mol. The number of rotatable bonds is 12. The molecule has 2 aliphatic carbocycles. The summed E-state index contributed by atoms with van der Waals surface area (Å²) in [5.74, 6) is 2.32. The maximum absolute atomic E-state index is 10.9. The predicted octanol–water partition coefficient (Wildman–Crippen LogP) is 15.4. The molecule has 16 rings (SSSR count). The van der Waals surface area contributed by atoms with Gasteiger partial charge in [0.05, 0.1) is 40.6 Å². The summed E-state index contributed by atoms with van der Waals surface area (Å²) in [4.78, 5) is 0. The van der Waals surface area contributed by atoms with Crippen molar-refractivity contribution in [3.8, 4) is 69.0 Å². The first-order valence-electron chi connectivity index (χ1n) is 33.0. The first-order chi connectivity index (χ1) is 46.9. The number of epoxide rings is 2. The summed E-state index contributed by atoms with van der Waals surface area (Å²) < 4.78 is 63.9. The molecule has 18 heteroatoms. The first kappa shape index (κ1) is 64.6. The molecule has 98 heavy (non-hydrogen) atoms. The van der Waals surface area contributed by atoms with Gasteiger partial charge in [-0.2, -0.15) is 0 Å². The summed E-state index contributed by atoms with van der Waals surface area (Å²) in [5, 5.41) is 84.1. The lowest BCUT2D eigenvalue weighted by molar-refractivity contribution is -0.0749. The van der Waals surface area contributed by atoms with E-state index in [0.717, 1.165) is 77.9 Å². The van der Waals surface area contributed by atoms with Crippen LogP contribution in [0.25, 0.3) is 0 Å². The largest absolute Gasteiger partial charge is 0.508 e. The third kappa shape index (κ3) is 9.49. The fourth-order valence-electron chi connectivity index (χ4n) is 17.8. The van der Waals surface area contributed by atoms with E-state index in [1.165, 1.54) is 28.4 Å². The summed E-state index contributed by atoms with van der Waals surface area (Å²) in [6, 6.07) is 43.3. The molecule has 2 spiro atoms. The lowest BCUT2D eigenvalue weighted by Gasteiger charge is -2.42. The summed E-state index contributed by atoms with van der Waals surface area (Å²) in [6.45, 7) is 16.9. The number of phenols is 8. The molecule has 14 atom stereocenters. The molecule has 8 aromatic rings. The number of ether oxygens (including phenoxy) is 10. The Kier molecular flexibility index (Phi) is 15.2. The Morgan fingerprint density at radius 1 is 0.306 bits per heavy atom. The van der Waals surface area contributed by atoms with E-state index in [2.05, 4.69) is 0 Å². The van der Waals surface area contributed by atoms with E-state index < -0.39 is 82.1 Å². The molecule has 0 amide bonds. The van der Waals surface area contributed by atoms with Crippen molar-refractivity contribution in [2.45, 2.75) is 137 Å². The Morgan fingerprint density at radius 3 is 0.918 bits per heavy atom. The van der Waals surface area contributed by atoms with Crippen LogP contribution in [-0.4, -0.2) is 91.7 Å². The third-order valence-corrected chi connectivity index (χ3v) is 22.9. The fraction of sp³-hybridized carbons (Fsp3) is 0.350. The van der Waals surface area contributed by atoms with Crippen molar-refractivity contribution in [2.75, 3.05) is 28.4 Å². The highest BCUT2D eigenvalue weighted by molar-refractivity contribution is 5.55. The number of phenolic OH excluding ortho intramolecular Hbond substituents is 8. The van der Waals surface area contributed by atoms with E-state index in [9.17, 15) is 40.9 Å². The van der Waals surface area contributed by atoms with E-state index >= 15 is 0 Å². The highest BCUT2D eigenvalue weighted by Gasteiger charge is 2.87. The topological polar surface area (TPSA) is 261 Å². The van der Waals surface area contributed by atoms with Crippen LogP contribution in [0.3, 0.4) is 0 Å². The van der Waals surface area contributed by atoms with Crippen molar-refractivity contribution in [1.29, 1.82) is 0 Å². The van der Waals surface area contributed by atoms with Crippen molar-refractivity contribution in [1.82, 2.24) is 0 Å².